The molecular formula is C37H42FN5O5. The quantitative estimate of drug-likeness (QED) is 0.136. The number of aromatic nitrogens is 2. The maximum atomic E-state index is 14.1. The standard InChI is InChI=1S/C37H42FN5O5/c1-3-47-36(45)25-43-17-15-42(16-18-43)14-4-12-40-37(46)29-22-34(41-24-29)35-23-32(11-13-39-35)48-31-8-6-27(7-9-31)20-30(44)21-28-19-26(2)5-10-33(28)38/h5-11,13,19,22-24,41H,3-4,12,14-18,20-21,25H2,1-2H3,(H,40,46). The molecular weight excluding hydrogens is 613 g/mol. The van der Waals surface area contributed by atoms with Gasteiger partial charge in [0.25, 0.3) is 5.91 Å². The Morgan fingerprint density at radius 2 is 1.71 bits per heavy atom. The summed E-state index contributed by atoms with van der Waals surface area (Å²) in [6.07, 6.45) is 4.38. The number of carbonyl (C=O) groups excluding carboxylic acids is 3. The van der Waals surface area contributed by atoms with E-state index >= 15 is 0 Å². The molecule has 10 nitrogen and oxygen atoms in total. The summed E-state index contributed by atoms with van der Waals surface area (Å²) in [6.45, 7) is 9.27. The number of halogens is 1. The van der Waals surface area contributed by atoms with Crippen molar-refractivity contribution >= 4 is 17.7 Å². The molecule has 0 spiro atoms. The number of pyridine rings is 1. The molecule has 5 rings (SSSR count). The number of aryl methyl sites for hydroxylation is 1. The number of nitrogens with one attached hydrogen (secondary N) is 2. The molecule has 0 saturated carbocycles. The molecule has 1 aliphatic rings. The molecule has 0 aliphatic carbocycles. The van der Waals surface area contributed by atoms with E-state index in [9.17, 15) is 18.8 Å². The molecule has 2 aromatic carbocycles. The summed E-state index contributed by atoms with van der Waals surface area (Å²) in [4.78, 5) is 49.1. The lowest BCUT2D eigenvalue weighted by Gasteiger charge is -2.34. The second-order valence-electron chi connectivity index (χ2n) is 11.9. The van der Waals surface area contributed by atoms with Gasteiger partial charge in [0.15, 0.2) is 0 Å². The van der Waals surface area contributed by atoms with Crippen molar-refractivity contribution in [3.63, 3.8) is 0 Å². The number of ether oxygens (including phenoxy) is 2. The van der Waals surface area contributed by atoms with E-state index in [2.05, 4.69) is 25.1 Å². The van der Waals surface area contributed by atoms with Crippen LogP contribution in [0.25, 0.3) is 11.4 Å². The minimum absolute atomic E-state index is 0.0490. The number of aromatic amines is 1. The van der Waals surface area contributed by atoms with Gasteiger partial charge in [0.05, 0.1) is 30.1 Å². The van der Waals surface area contributed by atoms with Gasteiger partial charge in [-0.3, -0.25) is 24.3 Å². The Kier molecular flexibility index (Phi) is 12.1. The molecule has 3 heterocycles. The van der Waals surface area contributed by atoms with E-state index in [-0.39, 0.29) is 36.3 Å². The Morgan fingerprint density at radius 1 is 0.938 bits per heavy atom. The molecule has 2 aromatic heterocycles. The fraction of sp³-hybridized carbons (Fsp3) is 0.351. The van der Waals surface area contributed by atoms with E-state index < -0.39 is 0 Å². The summed E-state index contributed by atoms with van der Waals surface area (Å²) in [7, 11) is 0. The largest absolute Gasteiger partial charge is 0.465 e. The molecule has 1 aliphatic heterocycles. The zero-order chi connectivity index (χ0) is 33.9. The zero-order valence-corrected chi connectivity index (χ0v) is 27.5. The van der Waals surface area contributed by atoms with Crippen LogP contribution in [-0.2, 0) is 27.2 Å². The van der Waals surface area contributed by atoms with Crippen LogP contribution in [-0.4, -0.2) is 89.8 Å². The molecule has 2 N–H and O–H groups in total. The smallest absolute Gasteiger partial charge is 0.320 e. The Labute approximate surface area is 280 Å². The molecule has 0 atom stereocenters. The highest BCUT2D eigenvalue weighted by molar-refractivity contribution is 5.95. The maximum absolute atomic E-state index is 14.1. The van der Waals surface area contributed by atoms with Crippen LogP contribution in [0.5, 0.6) is 11.5 Å². The molecule has 0 radical (unpaired) electrons. The number of H-pyrrole nitrogens is 1. The zero-order valence-electron chi connectivity index (χ0n) is 27.5. The van der Waals surface area contributed by atoms with Crippen LogP contribution >= 0.6 is 0 Å². The summed E-state index contributed by atoms with van der Waals surface area (Å²) in [5, 5.41) is 2.99. The van der Waals surface area contributed by atoms with Gasteiger partial charge in [-0.25, -0.2) is 4.39 Å². The van der Waals surface area contributed by atoms with Crippen molar-refractivity contribution in [2.24, 2.45) is 0 Å². The van der Waals surface area contributed by atoms with Crippen molar-refractivity contribution in [2.75, 3.05) is 52.4 Å². The fourth-order valence-electron chi connectivity index (χ4n) is 5.62. The van der Waals surface area contributed by atoms with E-state index in [4.69, 9.17) is 9.47 Å². The maximum Gasteiger partial charge on any atom is 0.320 e. The van der Waals surface area contributed by atoms with Crippen LogP contribution in [0.2, 0.25) is 0 Å². The first kappa shape index (κ1) is 34.5. The Bertz CT molecular complexity index is 1700. The SMILES string of the molecule is CCOC(=O)CN1CCN(CCCNC(=O)c2c[nH]c(-c3cc(Oc4ccc(CC(=O)Cc5cc(C)ccc5F)cc4)ccn3)c2)CC1. The van der Waals surface area contributed by atoms with E-state index in [0.717, 1.165) is 50.3 Å². The topological polar surface area (TPSA) is 117 Å². The second kappa shape index (κ2) is 16.8. The normalized spacial score (nSPS) is 13.6. The monoisotopic (exact) mass is 655 g/mol. The fourth-order valence-corrected chi connectivity index (χ4v) is 5.62. The van der Waals surface area contributed by atoms with Crippen molar-refractivity contribution in [2.45, 2.75) is 33.1 Å². The number of Topliss-reactive ketones (excluding diaryl/α,β-unsaturated/α-hetero) is 1. The molecule has 252 valence electrons. The number of hydrogen-bond donors (Lipinski definition) is 2. The first-order valence-corrected chi connectivity index (χ1v) is 16.3. The van der Waals surface area contributed by atoms with Crippen LogP contribution < -0.4 is 10.1 Å². The van der Waals surface area contributed by atoms with Gasteiger partial charge in [0.2, 0.25) is 0 Å². The van der Waals surface area contributed by atoms with Gasteiger partial charge < -0.3 is 24.7 Å². The third-order valence-corrected chi connectivity index (χ3v) is 8.16. The highest BCUT2D eigenvalue weighted by Crippen LogP contribution is 2.26. The second-order valence-corrected chi connectivity index (χ2v) is 11.9. The molecule has 48 heavy (non-hydrogen) atoms. The van der Waals surface area contributed by atoms with Gasteiger partial charge in [-0.05, 0) is 68.3 Å². The number of piperazine rings is 1. The number of hydrogen-bond acceptors (Lipinski definition) is 8. The number of nitrogens with zero attached hydrogens (tertiary/aromatic N) is 3. The molecule has 0 bridgehead atoms. The lowest BCUT2D eigenvalue weighted by atomic mass is 10.0. The first-order chi connectivity index (χ1) is 23.2. The highest BCUT2D eigenvalue weighted by atomic mass is 19.1. The van der Waals surface area contributed by atoms with Gasteiger partial charge in [-0.15, -0.1) is 0 Å². The van der Waals surface area contributed by atoms with E-state index in [1.54, 1.807) is 54.9 Å². The molecule has 1 saturated heterocycles. The van der Waals surface area contributed by atoms with Crippen molar-refractivity contribution in [1.29, 1.82) is 0 Å². The van der Waals surface area contributed by atoms with Crippen molar-refractivity contribution in [3.05, 3.63) is 101 Å². The van der Waals surface area contributed by atoms with Crippen LogP contribution in [0, 0.1) is 12.7 Å². The molecule has 4 aromatic rings. The van der Waals surface area contributed by atoms with Gasteiger partial charge >= 0.3 is 5.97 Å². The highest BCUT2D eigenvalue weighted by Gasteiger charge is 2.19. The number of esters is 1. The predicted octanol–water partition coefficient (Wildman–Crippen LogP) is 4.97. The third kappa shape index (κ3) is 10.1. The Morgan fingerprint density at radius 3 is 2.48 bits per heavy atom. The Balaban J connectivity index is 1.05. The van der Waals surface area contributed by atoms with Gasteiger partial charge in [0, 0.05) is 64.0 Å². The predicted molar refractivity (Wildman–Crippen MR) is 181 cm³/mol. The summed E-state index contributed by atoms with van der Waals surface area (Å²) in [5.41, 5.74) is 3.97. The van der Waals surface area contributed by atoms with Gasteiger partial charge in [-0.2, -0.15) is 0 Å². The summed E-state index contributed by atoms with van der Waals surface area (Å²) >= 11 is 0. The molecule has 0 unspecified atom stereocenters. The number of ketones is 1. The van der Waals surface area contributed by atoms with Crippen molar-refractivity contribution in [1.82, 2.24) is 25.1 Å². The molecule has 11 heteroatoms. The van der Waals surface area contributed by atoms with Crippen LogP contribution in [0.1, 0.15) is 40.4 Å². The van der Waals surface area contributed by atoms with E-state index in [1.165, 1.54) is 6.07 Å². The molecule has 1 amide bonds. The number of carbonyl (C=O) groups is 3. The van der Waals surface area contributed by atoms with Crippen molar-refractivity contribution < 1.29 is 28.2 Å². The summed E-state index contributed by atoms with van der Waals surface area (Å²) in [6, 6.07) is 17.3. The van der Waals surface area contributed by atoms with E-state index in [0.29, 0.717) is 53.7 Å². The minimum atomic E-state index is -0.365. The van der Waals surface area contributed by atoms with Crippen LogP contribution in [0.4, 0.5) is 4.39 Å². The number of benzene rings is 2. The molecule has 1 fully saturated rings. The van der Waals surface area contributed by atoms with Gasteiger partial charge in [0.1, 0.15) is 23.1 Å². The lowest BCUT2D eigenvalue weighted by Crippen LogP contribution is -2.48. The first-order valence-electron chi connectivity index (χ1n) is 16.3. The Hall–Kier alpha value is -4.87. The van der Waals surface area contributed by atoms with E-state index in [1.807, 2.05) is 26.0 Å². The summed E-state index contributed by atoms with van der Waals surface area (Å²) in [5.74, 6) is 0.398. The summed E-state index contributed by atoms with van der Waals surface area (Å²) < 4.78 is 25.1. The van der Waals surface area contributed by atoms with Crippen molar-refractivity contribution in [3.8, 4) is 22.9 Å². The van der Waals surface area contributed by atoms with Crippen LogP contribution in [0.3, 0.4) is 0 Å². The lowest BCUT2D eigenvalue weighted by molar-refractivity contribution is -0.144. The third-order valence-electron chi connectivity index (χ3n) is 8.16. The van der Waals surface area contributed by atoms with Gasteiger partial charge in [-0.1, -0.05) is 29.8 Å². The number of amides is 1. The number of rotatable bonds is 15. The average Bonchev–Trinajstić information content (AvgIpc) is 3.58. The average molecular weight is 656 g/mol. The van der Waals surface area contributed by atoms with Crippen LogP contribution in [0.15, 0.2) is 73.1 Å². The minimum Gasteiger partial charge on any atom is -0.465 e.